The molecule has 0 atom stereocenters. The highest BCUT2D eigenvalue weighted by Crippen LogP contribution is 2.20. The average molecular weight is 394 g/mol. The minimum Gasteiger partial charge on any atom is -0.275 e. The van der Waals surface area contributed by atoms with Crippen molar-refractivity contribution in [1.29, 1.82) is 0 Å². The first-order valence-electron chi connectivity index (χ1n) is 5.86. The van der Waals surface area contributed by atoms with E-state index in [1.807, 2.05) is 0 Å². The maximum atomic E-state index is 12.1. The quantitative estimate of drug-likeness (QED) is 0.766. The molecule has 0 aliphatic heterocycles. The van der Waals surface area contributed by atoms with Crippen molar-refractivity contribution >= 4 is 57.0 Å². The zero-order valence-corrected chi connectivity index (χ0v) is 14.6. The summed E-state index contributed by atoms with van der Waals surface area (Å²) in [5.74, 6) is -0.179. The van der Waals surface area contributed by atoms with Crippen LogP contribution >= 0.6 is 35.0 Å². The van der Waals surface area contributed by atoms with Crippen LogP contribution in [0.15, 0.2) is 34.3 Å². The van der Waals surface area contributed by atoms with Gasteiger partial charge in [-0.05, 0) is 30.0 Å². The first-order valence-corrected chi connectivity index (χ1v) is 9.32. The summed E-state index contributed by atoms with van der Waals surface area (Å²) in [5, 5.41) is 2.30. The minimum atomic E-state index is -4.14. The largest absolute Gasteiger partial charge is 0.335 e. The number of carbonyl (C=O) groups excluding carboxylic acids is 1. The monoisotopic (exact) mass is 393 g/mol. The van der Waals surface area contributed by atoms with Crippen LogP contribution in [-0.4, -0.2) is 35.7 Å². The average Bonchev–Trinajstić information content (AvgIpc) is 2.46. The SMILES string of the molecule is CSc1nc(Cl)nc(NC(=O)NS(=O)(=O)c2ccccc2Cl)n1. The van der Waals surface area contributed by atoms with Crippen molar-refractivity contribution in [3.8, 4) is 0 Å². The van der Waals surface area contributed by atoms with Gasteiger partial charge in [0, 0.05) is 0 Å². The van der Waals surface area contributed by atoms with Crippen molar-refractivity contribution in [3.05, 3.63) is 34.6 Å². The zero-order valence-electron chi connectivity index (χ0n) is 11.4. The summed E-state index contributed by atoms with van der Waals surface area (Å²) in [4.78, 5) is 22.9. The van der Waals surface area contributed by atoms with Gasteiger partial charge in [-0.2, -0.15) is 15.0 Å². The van der Waals surface area contributed by atoms with Gasteiger partial charge in [-0.1, -0.05) is 35.5 Å². The summed E-state index contributed by atoms with van der Waals surface area (Å²) < 4.78 is 26.0. The Kier molecular flexibility index (Phi) is 5.63. The van der Waals surface area contributed by atoms with E-state index in [0.717, 1.165) is 0 Å². The number of nitrogens with zero attached hydrogens (tertiary/aromatic N) is 3. The Morgan fingerprint density at radius 1 is 1.17 bits per heavy atom. The smallest absolute Gasteiger partial charge is 0.275 e. The van der Waals surface area contributed by atoms with Crippen LogP contribution in [0.25, 0.3) is 0 Å². The molecule has 2 aromatic rings. The lowest BCUT2D eigenvalue weighted by Crippen LogP contribution is -2.35. The van der Waals surface area contributed by atoms with E-state index in [1.54, 1.807) is 17.0 Å². The number of aromatic nitrogens is 3. The second kappa shape index (κ2) is 7.30. The zero-order chi connectivity index (χ0) is 17.0. The number of nitrogens with one attached hydrogen (secondary N) is 2. The molecule has 8 nitrogen and oxygen atoms in total. The number of urea groups is 1. The molecule has 0 saturated heterocycles. The van der Waals surface area contributed by atoms with Crippen LogP contribution in [0.1, 0.15) is 0 Å². The highest BCUT2D eigenvalue weighted by atomic mass is 35.5. The van der Waals surface area contributed by atoms with Gasteiger partial charge in [-0.15, -0.1) is 0 Å². The molecule has 0 spiro atoms. The Morgan fingerprint density at radius 2 is 1.87 bits per heavy atom. The fourth-order valence-corrected chi connectivity index (χ4v) is 3.44. The van der Waals surface area contributed by atoms with Crippen LogP contribution in [0.5, 0.6) is 0 Å². The third-order valence-corrected chi connectivity index (χ3v) is 4.90. The molecule has 23 heavy (non-hydrogen) atoms. The number of sulfonamides is 1. The summed E-state index contributed by atoms with van der Waals surface area (Å²) in [6.07, 6.45) is 1.71. The summed E-state index contributed by atoms with van der Waals surface area (Å²) in [5.41, 5.74) is 0. The van der Waals surface area contributed by atoms with E-state index in [2.05, 4.69) is 20.3 Å². The number of amides is 2. The molecular weight excluding hydrogens is 385 g/mol. The van der Waals surface area contributed by atoms with Crippen LogP contribution in [0, 0.1) is 0 Å². The lowest BCUT2D eigenvalue weighted by molar-refractivity contribution is 0.256. The molecule has 2 N–H and O–H groups in total. The predicted molar refractivity (Wildman–Crippen MR) is 87.4 cm³/mol. The first kappa shape index (κ1) is 17.7. The number of halogens is 2. The molecule has 2 amide bonds. The minimum absolute atomic E-state index is 0.0133. The third kappa shape index (κ3) is 4.67. The molecule has 1 heterocycles. The van der Waals surface area contributed by atoms with Gasteiger partial charge in [0.25, 0.3) is 10.0 Å². The Labute approximate surface area is 146 Å². The fourth-order valence-electron chi connectivity index (χ4n) is 1.45. The van der Waals surface area contributed by atoms with E-state index in [4.69, 9.17) is 23.2 Å². The predicted octanol–water partition coefficient (Wildman–Crippen LogP) is 2.41. The Bertz CT molecular complexity index is 847. The normalized spacial score (nSPS) is 11.1. The molecule has 12 heteroatoms. The van der Waals surface area contributed by atoms with Gasteiger partial charge in [-0.3, -0.25) is 5.32 Å². The lowest BCUT2D eigenvalue weighted by atomic mass is 10.4. The van der Waals surface area contributed by atoms with Gasteiger partial charge >= 0.3 is 6.03 Å². The van der Waals surface area contributed by atoms with Gasteiger partial charge < -0.3 is 0 Å². The number of carbonyl (C=O) groups is 1. The molecule has 0 radical (unpaired) electrons. The number of hydrogen-bond donors (Lipinski definition) is 2. The molecule has 1 aromatic heterocycles. The number of rotatable bonds is 4. The van der Waals surface area contributed by atoms with Gasteiger partial charge in [0.2, 0.25) is 11.2 Å². The fraction of sp³-hybridized carbons (Fsp3) is 0.0909. The van der Waals surface area contributed by atoms with Crippen molar-refractivity contribution in [1.82, 2.24) is 19.7 Å². The van der Waals surface area contributed by atoms with Crippen LogP contribution in [0.4, 0.5) is 10.7 Å². The van der Waals surface area contributed by atoms with Crippen LogP contribution in [0.2, 0.25) is 10.3 Å². The highest BCUT2D eigenvalue weighted by Gasteiger charge is 2.21. The molecule has 0 bridgehead atoms. The van der Waals surface area contributed by atoms with Crippen molar-refractivity contribution in [2.24, 2.45) is 0 Å². The maximum Gasteiger partial charge on any atom is 0.335 e. The van der Waals surface area contributed by atoms with Crippen molar-refractivity contribution in [2.75, 3.05) is 11.6 Å². The van der Waals surface area contributed by atoms with E-state index < -0.39 is 16.1 Å². The number of benzene rings is 1. The molecule has 0 aliphatic carbocycles. The molecular formula is C11H9Cl2N5O3S2. The van der Waals surface area contributed by atoms with E-state index in [-0.39, 0.29) is 26.3 Å². The molecule has 0 fully saturated rings. The maximum absolute atomic E-state index is 12.1. The number of hydrogen-bond acceptors (Lipinski definition) is 7. The van der Waals surface area contributed by atoms with Crippen molar-refractivity contribution in [2.45, 2.75) is 10.1 Å². The first-order chi connectivity index (χ1) is 10.8. The molecule has 2 rings (SSSR count). The molecule has 0 aliphatic rings. The Hall–Kier alpha value is -1.62. The second-order valence-corrected chi connectivity index (χ2v) is 7.07. The Morgan fingerprint density at radius 3 is 2.52 bits per heavy atom. The van der Waals surface area contributed by atoms with E-state index in [9.17, 15) is 13.2 Å². The van der Waals surface area contributed by atoms with Gasteiger partial charge in [0.15, 0.2) is 5.16 Å². The topological polar surface area (TPSA) is 114 Å². The van der Waals surface area contributed by atoms with Crippen LogP contribution in [-0.2, 0) is 10.0 Å². The molecule has 1 aromatic carbocycles. The standard InChI is InChI=1S/C11H9Cl2N5O3S2/c1-22-11-15-8(13)14-9(17-11)16-10(19)18-23(20,21)7-5-3-2-4-6(7)12/h2-5H,1H3,(H2,14,15,16,17,18,19). The highest BCUT2D eigenvalue weighted by molar-refractivity contribution is 7.98. The molecule has 122 valence electrons. The van der Waals surface area contributed by atoms with E-state index >= 15 is 0 Å². The Balaban J connectivity index is 2.16. The van der Waals surface area contributed by atoms with Crippen LogP contribution < -0.4 is 10.0 Å². The van der Waals surface area contributed by atoms with Crippen molar-refractivity contribution < 1.29 is 13.2 Å². The molecule has 0 saturated carbocycles. The van der Waals surface area contributed by atoms with Crippen LogP contribution in [0.3, 0.4) is 0 Å². The second-order valence-electron chi connectivity index (χ2n) is 3.90. The molecule has 0 unspecified atom stereocenters. The third-order valence-electron chi connectivity index (χ3n) is 2.35. The lowest BCUT2D eigenvalue weighted by Gasteiger charge is -2.09. The summed E-state index contributed by atoms with van der Waals surface area (Å²) in [6.45, 7) is 0. The number of anilines is 1. The van der Waals surface area contributed by atoms with Crippen molar-refractivity contribution in [3.63, 3.8) is 0 Å². The summed E-state index contributed by atoms with van der Waals surface area (Å²) >= 11 is 12.7. The summed E-state index contributed by atoms with van der Waals surface area (Å²) in [6, 6.07) is 4.65. The van der Waals surface area contributed by atoms with Gasteiger partial charge in [0.05, 0.1) is 5.02 Å². The summed E-state index contributed by atoms with van der Waals surface area (Å²) in [7, 11) is -4.14. The van der Waals surface area contributed by atoms with Gasteiger partial charge in [-0.25, -0.2) is 17.9 Å². The van der Waals surface area contributed by atoms with E-state index in [0.29, 0.717) is 0 Å². The van der Waals surface area contributed by atoms with Gasteiger partial charge in [0.1, 0.15) is 4.90 Å². The number of thioether (sulfide) groups is 1. The van der Waals surface area contributed by atoms with E-state index in [1.165, 1.54) is 30.0 Å².